The quantitative estimate of drug-likeness (QED) is 0.468. The summed E-state index contributed by atoms with van der Waals surface area (Å²) in [5.41, 5.74) is 2.72. The van der Waals surface area contributed by atoms with Crippen molar-refractivity contribution in [1.29, 1.82) is 0 Å². The second-order valence-electron chi connectivity index (χ2n) is 6.00. The Morgan fingerprint density at radius 1 is 0.962 bits per heavy atom. The molecule has 4 nitrogen and oxygen atoms in total. The molecule has 3 rings (SSSR count). The summed E-state index contributed by atoms with van der Waals surface area (Å²) in [6.45, 7) is 1.18. The van der Waals surface area contributed by atoms with Crippen molar-refractivity contribution in [3.8, 4) is 0 Å². The summed E-state index contributed by atoms with van der Waals surface area (Å²) >= 11 is 0. The molecule has 2 aromatic carbocycles. The average Bonchev–Trinajstić information content (AvgIpc) is 3.07. The molecule has 1 aromatic heterocycles. The molecule has 0 radical (unpaired) electrons. The average molecular weight is 356 g/mol. The van der Waals surface area contributed by atoms with Gasteiger partial charge in [0.1, 0.15) is 0 Å². The van der Waals surface area contributed by atoms with Crippen molar-refractivity contribution in [2.45, 2.75) is 12.8 Å². The van der Waals surface area contributed by atoms with Gasteiger partial charge in [-0.1, -0.05) is 30.3 Å². The van der Waals surface area contributed by atoms with Gasteiger partial charge in [-0.05, 0) is 36.1 Å². The predicted molar refractivity (Wildman–Crippen MR) is 101 cm³/mol. The first-order valence-corrected chi connectivity index (χ1v) is 8.61. The van der Waals surface area contributed by atoms with Crippen LogP contribution >= 0.6 is 0 Å². The Hall–Kier alpha value is -2.89. The van der Waals surface area contributed by atoms with E-state index in [9.17, 15) is 8.78 Å². The number of aromatic amines is 1. The smallest absolute Gasteiger partial charge is 0.190 e. The van der Waals surface area contributed by atoms with Crippen LogP contribution in [0.5, 0.6) is 0 Å². The van der Waals surface area contributed by atoms with Crippen LogP contribution in [0.2, 0.25) is 0 Å². The van der Waals surface area contributed by atoms with E-state index in [1.165, 1.54) is 17.0 Å². The molecule has 0 aliphatic rings. The third-order valence-electron chi connectivity index (χ3n) is 4.30. The second-order valence-corrected chi connectivity index (χ2v) is 6.00. The number of aliphatic imine (C=N–C) groups is 1. The molecule has 1 heterocycles. The van der Waals surface area contributed by atoms with Crippen LogP contribution in [0.1, 0.15) is 11.1 Å². The zero-order valence-corrected chi connectivity index (χ0v) is 14.7. The molecule has 0 spiro atoms. The zero-order chi connectivity index (χ0) is 18.4. The molecular formula is C20H22F2N4. The molecule has 0 unspecified atom stereocenters. The van der Waals surface area contributed by atoms with E-state index in [0.717, 1.165) is 24.5 Å². The third-order valence-corrected chi connectivity index (χ3v) is 4.30. The molecule has 26 heavy (non-hydrogen) atoms. The van der Waals surface area contributed by atoms with E-state index in [0.29, 0.717) is 24.5 Å². The van der Waals surface area contributed by atoms with E-state index < -0.39 is 11.6 Å². The minimum atomic E-state index is -0.816. The third kappa shape index (κ3) is 4.20. The standard InChI is InChI=1S/C20H22F2N4/c1-23-20(24-11-9-14-5-4-7-17(21)19(14)22)25-12-10-15-13-26-18-8-3-2-6-16(15)18/h2-8,13,26H,9-12H2,1H3,(H2,23,24,25). The highest BCUT2D eigenvalue weighted by Crippen LogP contribution is 2.17. The van der Waals surface area contributed by atoms with Gasteiger partial charge in [0.15, 0.2) is 17.6 Å². The summed E-state index contributed by atoms with van der Waals surface area (Å²) in [4.78, 5) is 7.42. The first-order chi connectivity index (χ1) is 12.7. The van der Waals surface area contributed by atoms with Gasteiger partial charge in [0.25, 0.3) is 0 Å². The lowest BCUT2D eigenvalue weighted by Crippen LogP contribution is -2.39. The highest BCUT2D eigenvalue weighted by molar-refractivity contribution is 5.83. The van der Waals surface area contributed by atoms with Gasteiger partial charge < -0.3 is 15.6 Å². The Bertz CT molecular complexity index is 902. The SMILES string of the molecule is CN=C(NCCc1cccc(F)c1F)NCCc1c[nH]c2ccccc12. The van der Waals surface area contributed by atoms with E-state index in [1.54, 1.807) is 13.1 Å². The van der Waals surface area contributed by atoms with Crippen LogP contribution in [-0.2, 0) is 12.8 Å². The van der Waals surface area contributed by atoms with Gasteiger partial charge in [-0.3, -0.25) is 4.99 Å². The van der Waals surface area contributed by atoms with E-state index in [-0.39, 0.29) is 0 Å². The minimum Gasteiger partial charge on any atom is -0.361 e. The molecule has 3 aromatic rings. The maximum Gasteiger partial charge on any atom is 0.190 e. The lowest BCUT2D eigenvalue weighted by molar-refractivity contribution is 0.498. The van der Waals surface area contributed by atoms with Crippen molar-refractivity contribution < 1.29 is 8.78 Å². The molecule has 0 saturated carbocycles. The van der Waals surface area contributed by atoms with E-state index in [4.69, 9.17) is 0 Å². The Morgan fingerprint density at radius 2 is 1.69 bits per heavy atom. The van der Waals surface area contributed by atoms with Crippen LogP contribution in [0.15, 0.2) is 53.7 Å². The number of benzene rings is 2. The van der Waals surface area contributed by atoms with Gasteiger partial charge in [0, 0.05) is 37.2 Å². The predicted octanol–water partition coefficient (Wildman–Crippen LogP) is 3.40. The molecule has 0 aliphatic heterocycles. The lowest BCUT2D eigenvalue weighted by atomic mass is 10.1. The zero-order valence-electron chi connectivity index (χ0n) is 14.7. The van der Waals surface area contributed by atoms with Crippen LogP contribution < -0.4 is 10.6 Å². The molecule has 0 fully saturated rings. The topological polar surface area (TPSA) is 52.2 Å². The summed E-state index contributed by atoms with van der Waals surface area (Å²) in [6, 6.07) is 12.4. The van der Waals surface area contributed by atoms with Crippen molar-refractivity contribution in [3.63, 3.8) is 0 Å². The summed E-state index contributed by atoms with van der Waals surface area (Å²) in [6.07, 6.45) is 3.26. The van der Waals surface area contributed by atoms with Crippen molar-refractivity contribution in [3.05, 3.63) is 71.4 Å². The van der Waals surface area contributed by atoms with E-state index in [1.807, 2.05) is 18.3 Å². The van der Waals surface area contributed by atoms with Crippen LogP contribution in [0.3, 0.4) is 0 Å². The summed E-state index contributed by atoms with van der Waals surface area (Å²) in [7, 11) is 1.68. The summed E-state index contributed by atoms with van der Waals surface area (Å²) in [5.74, 6) is -0.957. The van der Waals surface area contributed by atoms with Crippen molar-refractivity contribution in [1.82, 2.24) is 15.6 Å². The van der Waals surface area contributed by atoms with Crippen LogP contribution in [0.25, 0.3) is 10.9 Å². The normalized spacial score (nSPS) is 11.7. The van der Waals surface area contributed by atoms with Gasteiger partial charge in [0.05, 0.1) is 0 Å². The van der Waals surface area contributed by atoms with Gasteiger partial charge >= 0.3 is 0 Å². The van der Waals surface area contributed by atoms with Crippen molar-refractivity contribution in [2.75, 3.05) is 20.1 Å². The van der Waals surface area contributed by atoms with E-state index in [2.05, 4.69) is 32.7 Å². The summed E-state index contributed by atoms with van der Waals surface area (Å²) < 4.78 is 26.9. The monoisotopic (exact) mass is 356 g/mol. The Kier molecular flexibility index (Phi) is 5.84. The molecule has 0 atom stereocenters. The molecular weight excluding hydrogens is 334 g/mol. The molecule has 0 amide bonds. The second kappa shape index (κ2) is 8.47. The Morgan fingerprint density at radius 3 is 2.46 bits per heavy atom. The number of nitrogens with one attached hydrogen (secondary N) is 3. The molecule has 3 N–H and O–H groups in total. The number of halogens is 2. The number of hydrogen-bond acceptors (Lipinski definition) is 1. The first-order valence-electron chi connectivity index (χ1n) is 8.61. The van der Waals surface area contributed by atoms with Gasteiger partial charge in [0.2, 0.25) is 0 Å². The lowest BCUT2D eigenvalue weighted by Gasteiger charge is -2.12. The van der Waals surface area contributed by atoms with E-state index >= 15 is 0 Å². The molecule has 0 bridgehead atoms. The largest absolute Gasteiger partial charge is 0.361 e. The number of para-hydroxylation sites is 1. The van der Waals surface area contributed by atoms with Crippen LogP contribution in [-0.4, -0.2) is 31.1 Å². The number of fused-ring (bicyclic) bond motifs is 1. The number of guanidine groups is 1. The minimum absolute atomic E-state index is 0.353. The van der Waals surface area contributed by atoms with Crippen molar-refractivity contribution >= 4 is 16.9 Å². The van der Waals surface area contributed by atoms with Gasteiger partial charge in [-0.25, -0.2) is 8.78 Å². The molecule has 0 aliphatic carbocycles. The fourth-order valence-corrected chi connectivity index (χ4v) is 2.93. The fourth-order valence-electron chi connectivity index (χ4n) is 2.93. The van der Waals surface area contributed by atoms with Crippen LogP contribution in [0, 0.1) is 11.6 Å². The summed E-state index contributed by atoms with van der Waals surface area (Å²) in [5, 5.41) is 7.59. The first kappa shape index (κ1) is 17.9. The molecule has 136 valence electrons. The maximum absolute atomic E-state index is 13.6. The number of rotatable bonds is 6. The van der Waals surface area contributed by atoms with Gasteiger partial charge in [-0.15, -0.1) is 0 Å². The number of hydrogen-bond donors (Lipinski definition) is 3. The van der Waals surface area contributed by atoms with Crippen LogP contribution in [0.4, 0.5) is 8.78 Å². The van der Waals surface area contributed by atoms with Crippen molar-refractivity contribution in [2.24, 2.45) is 4.99 Å². The molecule has 6 heteroatoms. The number of nitrogens with zero attached hydrogens (tertiary/aromatic N) is 1. The highest BCUT2D eigenvalue weighted by atomic mass is 19.2. The Balaban J connectivity index is 1.47. The number of H-pyrrole nitrogens is 1. The maximum atomic E-state index is 13.6. The molecule has 0 saturated heterocycles. The fraction of sp³-hybridized carbons (Fsp3) is 0.250. The Labute approximate surface area is 151 Å². The number of aromatic nitrogens is 1. The van der Waals surface area contributed by atoms with Gasteiger partial charge in [-0.2, -0.15) is 0 Å². The highest BCUT2D eigenvalue weighted by Gasteiger charge is 2.07.